The zero-order chi connectivity index (χ0) is 33.9. The van der Waals surface area contributed by atoms with Crippen molar-refractivity contribution in [3.8, 4) is 5.75 Å². The van der Waals surface area contributed by atoms with Gasteiger partial charge in [-0.3, -0.25) is 9.59 Å². The van der Waals surface area contributed by atoms with Gasteiger partial charge in [0.15, 0.2) is 5.60 Å². The van der Waals surface area contributed by atoms with E-state index in [1.807, 2.05) is 12.2 Å². The molecule has 0 aliphatic heterocycles. The maximum Gasteiger partial charge on any atom is 0.326 e. The normalized spacial score (nSPS) is 13.1. The van der Waals surface area contributed by atoms with Crippen LogP contribution in [0.3, 0.4) is 0 Å². The molecular formula is C38H53ClN2O5. The second kappa shape index (κ2) is 25.4. The summed E-state index contributed by atoms with van der Waals surface area (Å²) in [5, 5.41) is 15.5. The molecule has 0 saturated heterocycles. The molecule has 0 aliphatic carbocycles. The Morgan fingerprint density at radius 1 is 0.804 bits per heavy atom. The highest BCUT2D eigenvalue weighted by Gasteiger charge is 2.29. The largest absolute Gasteiger partial charge is 0.480 e. The van der Waals surface area contributed by atoms with Crippen LogP contribution in [-0.2, 0) is 14.4 Å². The highest BCUT2D eigenvalue weighted by Crippen LogP contribution is 2.21. The average molecular weight is 653 g/mol. The van der Waals surface area contributed by atoms with E-state index in [1.165, 1.54) is 0 Å². The summed E-state index contributed by atoms with van der Waals surface area (Å²) in [5.41, 5.74) is -1.09. The molecule has 1 aromatic rings. The molecule has 7 nitrogen and oxygen atoms in total. The van der Waals surface area contributed by atoms with E-state index in [0.717, 1.165) is 38.5 Å². The summed E-state index contributed by atoms with van der Waals surface area (Å²) >= 11 is 5.89. The number of halogens is 1. The Kier molecular flexibility index (Phi) is 22.2. The standard InChI is InChI=1S/C38H53ClN2O5/c1-4-5-6-7-8-9-10-11-12-13-14-15-16-17-18-19-20-21-22-26-35(42)41-34(36(43)44)25-23-24-31-40-37(45)38(2,3)46-33-29-27-32(39)28-30-33/h5-6,8-9,11-12,14-15,17-18,20-21,27-30,34H,4,7,10,13,16,19,22-26,31H2,1-3H3,(H,40,45)(H,41,42)(H,43,44). The molecule has 0 bridgehead atoms. The first-order chi connectivity index (χ1) is 22.2. The molecule has 46 heavy (non-hydrogen) atoms. The van der Waals surface area contributed by atoms with Gasteiger partial charge in [-0.25, -0.2) is 4.79 Å². The van der Waals surface area contributed by atoms with E-state index >= 15 is 0 Å². The smallest absolute Gasteiger partial charge is 0.326 e. The summed E-state index contributed by atoms with van der Waals surface area (Å²) in [6.07, 6.45) is 33.4. The quantitative estimate of drug-likeness (QED) is 0.0764. The Balaban J connectivity index is 2.17. The van der Waals surface area contributed by atoms with Crippen LogP contribution in [0.5, 0.6) is 5.75 Å². The molecule has 0 aromatic heterocycles. The Hall–Kier alpha value is -3.84. The second-order valence-corrected chi connectivity index (χ2v) is 11.7. The summed E-state index contributed by atoms with van der Waals surface area (Å²) in [6, 6.07) is 5.81. The molecule has 0 saturated carbocycles. The minimum absolute atomic E-state index is 0.227. The summed E-state index contributed by atoms with van der Waals surface area (Å²) in [7, 11) is 0. The molecule has 252 valence electrons. The third kappa shape index (κ3) is 21.0. The zero-order valence-corrected chi connectivity index (χ0v) is 28.5. The van der Waals surface area contributed by atoms with Gasteiger partial charge in [0.1, 0.15) is 11.8 Å². The third-order valence-corrected chi connectivity index (χ3v) is 6.96. The SMILES string of the molecule is CCC=CCC=CCC=CCC=CCC=CCC=CCCC(=O)NC(CCCCNC(=O)C(C)(C)Oc1ccc(Cl)cc1)C(=O)O. The van der Waals surface area contributed by atoms with Crippen molar-refractivity contribution in [3.63, 3.8) is 0 Å². The molecule has 1 unspecified atom stereocenters. The van der Waals surface area contributed by atoms with Crippen molar-refractivity contribution in [2.24, 2.45) is 0 Å². The van der Waals surface area contributed by atoms with Crippen LogP contribution in [0.4, 0.5) is 0 Å². The fraction of sp³-hybridized carbons (Fsp3) is 0.447. The van der Waals surface area contributed by atoms with E-state index in [0.29, 0.717) is 36.6 Å². The number of unbranched alkanes of at least 4 members (excludes halogenated alkanes) is 1. The number of carboxylic acids is 1. The molecule has 0 aliphatic rings. The molecule has 1 atom stereocenters. The number of benzene rings is 1. The van der Waals surface area contributed by atoms with Crippen LogP contribution in [0.2, 0.25) is 5.02 Å². The summed E-state index contributed by atoms with van der Waals surface area (Å²) in [6.45, 7) is 5.86. The first-order valence-electron chi connectivity index (χ1n) is 16.3. The van der Waals surface area contributed by atoms with Gasteiger partial charge in [-0.05, 0) is 102 Å². The number of hydrogen-bond donors (Lipinski definition) is 3. The van der Waals surface area contributed by atoms with Gasteiger partial charge in [-0.15, -0.1) is 0 Å². The van der Waals surface area contributed by atoms with Gasteiger partial charge >= 0.3 is 5.97 Å². The van der Waals surface area contributed by atoms with Gasteiger partial charge in [0, 0.05) is 18.0 Å². The van der Waals surface area contributed by atoms with Crippen LogP contribution in [-0.4, -0.2) is 41.1 Å². The van der Waals surface area contributed by atoms with Gasteiger partial charge in [-0.1, -0.05) is 91.4 Å². The van der Waals surface area contributed by atoms with Crippen molar-refractivity contribution >= 4 is 29.4 Å². The second-order valence-electron chi connectivity index (χ2n) is 11.2. The molecule has 8 heteroatoms. The molecular weight excluding hydrogens is 600 g/mol. The molecule has 1 aromatic carbocycles. The molecule has 0 spiro atoms. The first kappa shape index (κ1) is 40.2. The number of carbonyl (C=O) groups excluding carboxylic acids is 2. The maximum atomic E-state index is 12.6. The topological polar surface area (TPSA) is 105 Å². The maximum absolute atomic E-state index is 12.6. The van der Waals surface area contributed by atoms with E-state index < -0.39 is 17.6 Å². The number of aliphatic carboxylic acids is 1. The molecule has 2 amide bonds. The number of ether oxygens (including phenoxy) is 1. The van der Waals surface area contributed by atoms with Crippen molar-refractivity contribution in [1.82, 2.24) is 10.6 Å². The van der Waals surface area contributed by atoms with Crippen molar-refractivity contribution in [1.29, 1.82) is 0 Å². The Bertz CT molecular complexity index is 1200. The number of amides is 2. The summed E-state index contributed by atoms with van der Waals surface area (Å²) in [4.78, 5) is 36.5. The lowest BCUT2D eigenvalue weighted by Gasteiger charge is -2.25. The van der Waals surface area contributed by atoms with Crippen molar-refractivity contribution in [2.75, 3.05) is 6.54 Å². The molecule has 0 heterocycles. The van der Waals surface area contributed by atoms with E-state index in [2.05, 4.69) is 78.3 Å². The van der Waals surface area contributed by atoms with Crippen LogP contribution in [0.15, 0.2) is 97.2 Å². The number of carboxylic acid groups (broad SMARTS) is 1. The third-order valence-electron chi connectivity index (χ3n) is 6.71. The van der Waals surface area contributed by atoms with E-state index in [9.17, 15) is 19.5 Å². The fourth-order valence-corrected chi connectivity index (χ4v) is 4.24. The zero-order valence-electron chi connectivity index (χ0n) is 27.8. The average Bonchev–Trinajstić information content (AvgIpc) is 3.02. The molecule has 0 radical (unpaired) electrons. The van der Waals surface area contributed by atoms with Crippen LogP contribution >= 0.6 is 11.6 Å². The molecule has 1 rings (SSSR count). The van der Waals surface area contributed by atoms with Gasteiger partial charge in [0.05, 0.1) is 0 Å². The predicted octanol–water partition coefficient (Wildman–Crippen LogP) is 8.83. The number of carbonyl (C=O) groups is 3. The van der Waals surface area contributed by atoms with E-state index in [4.69, 9.17) is 16.3 Å². The number of nitrogens with one attached hydrogen (secondary N) is 2. The van der Waals surface area contributed by atoms with E-state index in [-0.39, 0.29) is 24.7 Å². The number of hydrogen-bond acceptors (Lipinski definition) is 4. The number of allylic oxidation sites excluding steroid dienone is 12. The highest BCUT2D eigenvalue weighted by atomic mass is 35.5. The Morgan fingerprint density at radius 2 is 1.30 bits per heavy atom. The minimum Gasteiger partial charge on any atom is -0.480 e. The van der Waals surface area contributed by atoms with Crippen molar-refractivity contribution < 1.29 is 24.2 Å². The van der Waals surface area contributed by atoms with Crippen molar-refractivity contribution in [2.45, 2.75) is 103 Å². The monoisotopic (exact) mass is 652 g/mol. The van der Waals surface area contributed by atoms with Crippen LogP contribution in [0.1, 0.15) is 91.4 Å². The lowest BCUT2D eigenvalue weighted by Crippen LogP contribution is -2.46. The Labute approximate surface area is 281 Å². The lowest BCUT2D eigenvalue weighted by molar-refractivity contribution is -0.142. The van der Waals surface area contributed by atoms with Crippen molar-refractivity contribution in [3.05, 3.63) is 102 Å². The first-order valence-corrected chi connectivity index (χ1v) is 16.7. The number of rotatable bonds is 24. The minimum atomic E-state index is -1.09. The Morgan fingerprint density at radius 3 is 1.80 bits per heavy atom. The van der Waals surface area contributed by atoms with Gasteiger partial charge in [-0.2, -0.15) is 0 Å². The predicted molar refractivity (Wildman–Crippen MR) is 190 cm³/mol. The molecule has 0 fully saturated rings. The van der Waals surface area contributed by atoms with Crippen LogP contribution in [0.25, 0.3) is 0 Å². The molecule has 3 N–H and O–H groups in total. The van der Waals surface area contributed by atoms with Crippen LogP contribution in [0, 0.1) is 0 Å². The highest BCUT2D eigenvalue weighted by molar-refractivity contribution is 6.30. The van der Waals surface area contributed by atoms with Gasteiger partial charge in [0.2, 0.25) is 5.91 Å². The fourth-order valence-electron chi connectivity index (χ4n) is 4.11. The summed E-state index contributed by atoms with van der Waals surface area (Å²) in [5.74, 6) is -1.10. The summed E-state index contributed by atoms with van der Waals surface area (Å²) < 4.78 is 5.78. The van der Waals surface area contributed by atoms with E-state index in [1.54, 1.807) is 38.1 Å². The van der Waals surface area contributed by atoms with Gasteiger partial charge < -0.3 is 20.5 Å². The van der Waals surface area contributed by atoms with Gasteiger partial charge in [0.25, 0.3) is 5.91 Å². The van der Waals surface area contributed by atoms with Crippen LogP contribution < -0.4 is 15.4 Å². The lowest BCUT2D eigenvalue weighted by atomic mass is 10.1.